The molecule has 0 amide bonds. The molecule has 0 bridgehead atoms. The summed E-state index contributed by atoms with van der Waals surface area (Å²) in [6.45, 7) is 2.11. The van der Waals surface area contributed by atoms with Crippen LogP contribution in [0.25, 0.3) is 22.3 Å². The molecule has 1 heterocycles. The minimum Gasteiger partial charge on any atom is -0.399 e. The molecular weight excluding hydrogens is 244 g/mol. The summed E-state index contributed by atoms with van der Waals surface area (Å²) in [5.74, 6) is 0. The number of pyridine rings is 1. The molecule has 2 nitrogen and oxygen atoms in total. The third kappa shape index (κ3) is 2.41. The van der Waals surface area contributed by atoms with Crippen molar-refractivity contribution in [2.45, 2.75) is 6.92 Å². The first kappa shape index (κ1) is 12.4. The van der Waals surface area contributed by atoms with E-state index in [1.54, 1.807) is 0 Å². The monoisotopic (exact) mass is 260 g/mol. The molecule has 2 N–H and O–H groups in total. The van der Waals surface area contributed by atoms with E-state index in [1.165, 1.54) is 27.8 Å². The quantitative estimate of drug-likeness (QED) is 0.697. The second-order valence-electron chi connectivity index (χ2n) is 4.91. The smallest absolute Gasteiger partial charge is 0.0314 e. The van der Waals surface area contributed by atoms with Crippen molar-refractivity contribution in [3.63, 3.8) is 0 Å². The summed E-state index contributed by atoms with van der Waals surface area (Å²) in [7, 11) is 0. The highest BCUT2D eigenvalue weighted by atomic mass is 14.6. The van der Waals surface area contributed by atoms with E-state index < -0.39 is 0 Å². The summed E-state index contributed by atoms with van der Waals surface area (Å²) < 4.78 is 0. The molecule has 0 aliphatic heterocycles. The van der Waals surface area contributed by atoms with Crippen LogP contribution in [0.15, 0.2) is 67.0 Å². The van der Waals surface area contributed by atoms with E-state index in [1.807, 2.05) is 36.7 Å². The van der Waals surface area contributed by atoms with E-state index >= 15 is 0 Å². The van der Waals surface area contributed by atoms with Crippen molar-refractivity contribution in [1.29, 1.82) is 0 Å². The molecule has 98 valence electrons. The Morgan fingerprint density at radius 3 is 2.10 bits per heavy atom. The molecule has 0 saturated carbocycles. The number of nitrogens with zero attached hydrogens (tertiary/aromatic N) is 1. The molecule has 0 fully saturated rings. The standard InChI is InChI=1S/C18H16N2/c1-13-2-7-17(14-3-5-16(19)6-4-14)18(12-13)15-8-10-20-11-9-15/h2-12H,19H2,1H3. The summed E-state index contributed by atoms with van der Waals surface area (Å²) in [5.41, 5.74) is 12.6. The van der Waals surface area contributed by atoms with Gasteiger partial charge in [-0.05, 0) is 53.4 Å². The highest BCUT2D eigenvalue weighted by Crippen LogP contribution is 2.32. The molecule has 3 rings (SSSR count). The van der Waals surface area contributed by atoms with E-state index in [4.69, 9.17) is 5.73 Å². The number of hydrogen-bond acceptors (Lipinski definition) is 2. The predicted octanol–water partition coefficient (Wildman–Crippen LogP) is 4.31. The molecule has 0 unspecified atom stereocenters. The first-order chi connectivity index (χ1) is 9.74. The Kier molecular flexibility index (Phi) is 3.21. The molecule has 3 aromatic rings. The van der Waals surface area contributed by atoms with E-state index in [-0.39, 0.29) is 0 Å². The van der Waals surface area contributed by atoms with Gasteiger partial charge in [0.2, 0.25) is 0 Å². The van der Waals surface area contributed by atoms with Gasteiger partial charge >= 0.3 is 0 Å². The Morgan fingerprint density at radius 1 is 0.750 bits per heavy atom. The summed E-state index contributed by atoms with van der Waals surface area (Å²) in [5, 5.41) is 0. The van der Waals surface area contributed by atoms with Crippen molar-refractivity contribution in [2.24, 2.45) is 0 Å². The maximum Gasteiger partial charge on any atom is 0.0314 e. The zero-order valence-electron chi connectivity index (χ0n) is 11.4. The van der Waals surface area contributed by atoms with Gasteiger partial charge in [-0.25, -0.2) is 0 Å². The maximum atomic E-state index is 5.77. The van der Waals surface area contributed by atoms with Gasteiger partial charge in [-0.2, -0.15) is 0 Å². The molecule has 0 saturated heterocycles. The zero-order chi connectivity index (χ0) is 13.9. The number of nitrogen functional groups attached to an aromatic ring is 1. The Bertz CT molecular complexity index is 716. The lowest BCUT2D eigenvalue weighted by Gasteiger charge is -2.11. The van der Waals surface area contributed by atoms with Crippen LogP contribution < -0.4 is 5.73 Å². The summed E-state index contributed by atoms with van der Waals surface area (Å²) >= 11 is 0. The first-order valence-electron chi connectivity index (χ1n) is 6.61. The van der Waals surface area contributed by atoms with E-state index in [0.717, 1.165) is 5.69 Å². The van der Waals surface area contributed by atoms with Gasteiger partial charge in [0.15, 0.2) is 0 Å². The van der Waals surface area contributed by atoms with Crippen LogP contribution in [-0.2, 0) is 0 Å². The average Bonchev–Trinajstić information content (AvgIpc) is 2.49. The van der Waals surface area contributed by atoms with E-state index in [9.17, 15) is 0 Å². The van der Waals surface area contributed by atoms with Gasteiger partial charge in [-0.1, -0.05) is 35.9 Å². The number of benzene rings is 2. The van der Waals surface area contributed by atoms with Crippen LogP contribution in [-0.4, -0.2) is 4.98 Å². The lowest BCUT2D eigenvalue weighted by atomic mass is 9.93. The number of anilines is 1. The molecule has 0 spiro atoms. The van der Waals surface area contributed by atoms with Crippen LogP contribution in [0, 0.1) is 6.92 Å². The van der Waals surface area contributed by atoms with Gasteiger partial charge < -0.3 is 5.73 Å². The topological polar surface area (TPSA) is 38.9 Å². The third-order valence-electron chi connectivity index (χ3n) is 3.39. The maximum absolute atomic E-state index is 5.77. The first-order valence-corrected chi connectivity index (χ1v) is 6.61. The summed E-state index contributed by atoms with van der Waals surface area (Å²) in [6, 6.07) is 18.6. The molecule has 20 heavy (non-hydrogen) atoms. The minimum absolute atomic E-state index is 0.784. The van der Waals surface area contributed by atoms with E-state index in [2.05, 4.69) is 42.2 Å². The second-order valence-corrected chi connectivity index (χ2v) is 4.91. The predicted molar refractivity (Wildman–Crippen MR) is 84.3 cm³/mol. The SMILES string of the molecule is Cc1ccc(-c2ccc(N)cc2)c(-c2ccncc2)c1. The Hall–Kier alpha value is -2.61. The number of hydrogen-bond donors (Lipinski definition) is 1. The second kappa shape index (κ2) is 5.17. The van der Waals surface area contributed by atoms with Crippen LogP contribution in [0.4, 0.5) is 5.69 Å². The third-order valence-corrected chi connectivity index (χ3v) is 3.39. The molecular formula is C18H16N2. The van der Waals surface area contributed by atoms with Crippen LogP contribution in [0.5, 0.6) is 0 Å². The van der Waals surface area contributed by atoms with Crippen molar-refractivity contribution in [3.05, 3.63) is 72.6 Å². The molecule has 2 aromatic carbocycles. The zero-order valence-corrected chi connectivity index (χ0v) is 11.4. The number of aromatic nitrogens is 1. The lowest BCUT2D eigenvalue weighted by molar-refractivity contribution is 1.33. The molecule has 0 aliphatic rings. The Labute approximate surface area is 118 Å². The van der Waals surface area contributed by atoms with Gasteiger partial charge in [0.1, 0.15) is 0 Å². The molecule has 0 aliphatic carbocycles. The fraction of sp³-hybridized carbons (Fsp3) is 0.0556. The van der Waals surface area contributed by atoms with Crippen LogP contribution >= 0.6 is 0 Å². The summed E-state index contributed by atoms with van der Waals surface area (Å²) in [4.78, 5) is 4.09. The van der Waals surface area contributed by atoms with Crippen molar-refractivity contribution in [1.82, 2.24) is 4.98 Å². The van der Waals surface area contributed by atoms with E-state index in [0.29, 0.717) is 0 Å². The largest absolute Gasteiger partial charge is 0.399 e. The molecule has 2 heteroatoms. The summed E-state index contributed by atoms with van der Waals surface area (Å²) in [6.07, 6.45) is 3.65. The van der Waals surface area contributed by atoms with Crippen molar-refractivity contribution in [3.8, 4) is 22.3 Å². The Morgan fingerprint density at radius 2 is 1.40 bits per heavy atom. The van der Waals surface area contributed by atoms with Crippen molar-refractivity contribution >= 4 is 5.69 Å². The molecule has 0 atom stereocenters. The van der Waals surface area contributed by atoms with Crippen molar-refractivity contribution < 1.29 is 0 Å². The minimum atomic E-state index is 0.784. The van der Waals surface area contributed by atoms with Gasteiger partial charge in [0, 0.05) is 18.1 Å². The lowest BCUT2D eigenvalue weighted by Crippen LogP contribution is -1.88. The number of rotatable bonds is 2. The number of nitrogens with two attached hydrogens (primary N) is 1. The van der Waals surface area contributed by atoms with Gasteiger partial charge in [0.25, 0.3) is 0 Å². The highest BCUT2D eigenvalue weighted by molar-refractivity contribution is 5.84. The Balaban J connectivity index is 2.19. The van der Waals surface area contributed by atoms with Gasteiger partial charge in [0.05, 0.1) is 0 Å². The normalized spacial score (nSPS) is 10.4. The number of aryl methyl sites for hydroxylation is 1. The van der Waals surface area contributed by atoms with Crippen LogP contribution in [0.2, 0.25) is 0 Å². The highest BCUT2D eigenvalue weighted by Gasteiger charge is 2.07. The van der Waals surface area contributed by atoms with Crippen molar-refractivity contribution in [2.75, 3.05) is 5.73 Å². The van der Waals surface area contributed by atoms with Gasteiger partial charge in [-0.3, -0.25) is 4.98 Å². The van der Waals surface area contributed by atoms with Gasteiger partial charge in [-0.15, -0.1) is 0 Å². The average molecular weight is 260 g/mol. The fourth-order valence-electron chi connectivity index (χ4n) is 2.34. The van der Waals surface area contributed by atoms with Crippen LogP contribution in [0.3, 0.4) is 0 Å². The van der Waals surface area contributed by atoms with Crippen LogP contribution in [0.1, 0.15) is 5.56 Å². The molecule has 0 radical (unpaired) electrons. The molecule has 1 aromatic heterocycles. The fourth-order valence-corrected chi connectivity index (χ4v) is 2.34.